The maximum atomic E-state index is 13.0. The molecule has 4 rings (SSSR count). The number of non-ortho nitro benzene ring substituents is 1. The van der Waals surface area contributed by atoms with Crippen LogP contribution in [-0.4, -0.2) is 29.4 Å². The summed E-state index contributed by atoms with van der Waals surface area (Å²) in [6, 6.07) is 18.3. The molecule has 1 aliphatic heterocycles. The van der Waals surface area contributed by atoms with Crippen molar-refractivity contribution in [1.82, 2.24) is 5.32 Å². The first-order valence-electron chi connectivity index (χ1n) is 11.0. The van der Waals surface area contributed by atoms with Crippen molar-refractivity contribution in [3.05, 3.63) is 99.6 Å². The SMILES string of the molecule is CCOc1ccc(N2C(=O)NC(=O)/C(=C\c3ccc(OCc4cccc([N+](=O)[O-])c4)cc3)C2=O)cc1. The third-order valence-corrected chi connectivity index (χ3v) is 5.23. The Morgan fingerprint density at radius 3 is 2.28 bits per heavy atom. The van der Waals surface area contributed by atoms with E-state index in [0.717, 1.165) is 4.90 Å². The maximum absolute atomic E-state index is 13.0. The number of nitrogens with one attached hydrogen (secondary N) is 1. The number of amides is 4. The number of barbiturate groups is 1. The van der Waals surface area contributed by atoms with Crippen molar-refractivity contribution in [2.45, 2.75) is 13.5 Å². The van der Waals surface area contributed by atoms with E-state index in [0.29, 0.717) is 34.9 Å². The average molecular weight is 487 g/mol. The molecule has 0 unspecified atom stereocenters. The monoisotopic (exact) mass is 487 g/mol. The van der Waals surface area contributed by atoms with Crippen LogP contribution in [0.2, 0.25) is 0 Å². The molecule has 10 nitrogen and oxygen atoms in total. The van der Waals surface area contributed by atoms with Crippen molar-refractivity contribution < 1.29 is 28.8 Å². The second-order valence-electron chi connectivity index (χ2n) is 7.67. The zero-order chi connectivity index (χ0) is 25.7. The number of anilines is 1. The Hall–Kier alpha value is -4.99. The van der Waals surface area contributed by atoms with Gasteiger partial charge in [0.25, 0.3) is 17.5 Å². The second-order valence-corrected chi connectivity index (χ2v) is 7.67. The van der Waals surface area contributed by atoms with Crippen molar-refractivity contribution in [2.24, 2.45) is 0 Å². The van der Waals surface area contributed by atoms with Gasteiger partial charge in [-0.15, -0.1) is 0 Å². The van der Waals surface area contributed by atoms with Crippen LogP contribution in [-0.2, 0) is 16.2 Å². The standard InChI is InChI=1S/C26H21N3O7/c1-2-35-21-12-8-19(9-13-21)28-25(31)23(24(30)27-26(28)32)15-17-6-10-22(11-7-17)36-16-18-4-3-5-20(14-18)29(33)34/h3-15H,2,16H2,1H3,(H,27,30,32)/b23-15+. The number of urea groups is 1. The first kappa shape index (κ1) is 24.1. The van der Waals surface area contributed by atoms with Gasteiger partial charge in [0.15, 0.2) is 0 Å². The number of carbonyl (C=O) groups excluding carboxylic acids is 3. The second kappa shape index (κ2) is 10.5. The van der Waals surface area contributed by atoms with E-state index < -0.39 is 22.8 Å². The van der Waals surface area contributed by atoms with Crippen molar-refractivity contribution in [2.75, 3.05) is 11.5 Å². The van der Waals surface area contributed by atoms with E-state index in [2.05, 4.69) is 5.32 Å². The van der Waals surface area contributed by atoms with Gasteiger partial charge in [-0.1, -0.05) is 24.3 Å². The lowest BCUT2D eigenvalue weighted by Crippen LogP contribution is -2.54. The highest BCUT2D eigenvalue weighted by Gasteiger charge is 2.36. The first-order chi connectivity index (χ1) is 17.4. The molecule has 0 aromatic heterocycles. The molecule has 4 amide bonds. The predicted octanol–water partition coefficient (Wildman–Crippen LogP) is 4.24. The lowest BCUT2D eigenvalue weighted by Gasteiger charge is -2.26. The molecule has 1 N–H and O–H groups in total. The molecule has 0 atom stereocenters. The Morgan fingerprint density at radius 2 is 1.61 bits per heavy atom. The molecule has 182 valence electrons. The number of benzene rings is 3. The predicted molar refractivity (Wildman–Crippen MR) is 130 cm³/mol. The zero-order valence-corrected chi connectivity index (χ0v) is 19.2. The summed E-state index contributed by atoms with van der Waals surface area (Å²) in [4.78, 5) is 49.1. The Labute approximate surface area is 205 Å². The highest BCUT2D eigenvalue weighted by atomic mass is 16.6. The smallest absolute Gasteiger partial charge is 0.335 e. The molecular formula is C26H21N3O7. The van der Waals surface area contributed by atoms with Crippen LogP contribution in [0.5, 0.6) is 11.5 Å². The Bertz CT molecular complexity index is 1350. The fourth-order valence-corrected chi connectivity index (χ4v) is 3.50. The van der Waals surface area contributed by atoms with Gasteiger partial charge in [-0.05, 0) is 60.5 Å². The van der Waals surface area contributed by atoms with Crippen molar-refractivity contribution in [3.63, 3.8) is 0 Å². The van der Waals surface area contributed by atoms with Gasteiger partial charge in [0, 0.05) is 12.1 Å². The van der Waals surface area contributed by atoms with E-state index in [1.807, 2.05) is 6.92 Å². The van der Waals surface area contributed by atoms with Crippen LogP contribution < -0.4 is 19.7 Å². The van der Waals surface area contributed by atoms with E-state index in [9.17, 15) is 24.5 Å². The van der Waals surface area contributed by atoms with Gasteiger partial charge < -0.3 is 9.47 Å². The molecule has 0 bridgehead atoms. The Kier molecular flexibility index (Phi) is 7.05. The quantitative estimate of drug-likeness (QED) is 0.218. The highest BCUT2D eigenvalue weighted by molar-refractivity contribution is 6.39. The van der Waals surface area contributed by atoms with Gasteiger partial charge in [-0.3, -0.25) is 25.0 Å². The lowest BCUT2D eigenvalue weighted by molar-refractivity contribution is -0.384. The number of imide groups is 2. The van der Waals surface area contributed by atoms with Crippen LogP contribution in [0.15, 0.2) is 78.4 Å². The summed E-state index contributed by atoms with van der Waals surface area (Å²) in [5.74, 6) is -0.461. The van der Waals surface area contributed by atoms with Crippen LogP contribution in [0.25, 0.3) is 6.08 Å². The molecule has 0 aliphatic carbocycles. The van der Waals surface area contributed by atoms with Crippen LogP contribution in [0, 0.1) is 10.1 Å². The summed E-state index contributed by atoms with van der Waals surface area (Å²) in [5, 5.41) is 13.1. The Balaban J connectivity index is 1.48. The number of ether oxygens (including phenoxy) is 2. The minimum atomic E-state index is -0.837. The van der Waals surface area contributed by atoms with E-state index in [1.54, 1.807) is 60.7 Å². The minimum absolute atomic E-state index is 0.0220. The number of nitro benzene ring substituents is 1. The zero-order valence-electron chi connectivity index (χ0n) is 19.2. The summed E-state index contributed by atoms with van der Waals surface area (Å²) >= 11 is 0. The maximum Gasteiger partial charge on any atom is 0.335 e. The van der Waals surface area contributed by atoms with Gasteiger partial charge in [-0.25, -0.2) is 9.69 Å². The number of hydrogen-bond acceptors (Lipinski definition) is 7. The Morgan fingerprint density at radius 1 is 0.944 bits per heavy atom. The third kappa shape index (κ3) is 5.39. The van der Waals surface area contributed by atoms with Crippen LogP contribution in [0.3, 0.4) is 0 Å². The van der Waals surface area contributed by atoms with Crippen LogP contribution in [0.1, 0.15) is 18.1 Å². The van der Waals surface area contributed by atoms with Gasteiger partial charge in [-0.2, -0.15) is 0 Å². The number of carbonyl (C=O) groups is 3. The largest absolute Gasteiger partial charge is 0.494 e. The molecule has 36 heavy (non-hydrogen) atoms. The lowest BCUT2D eigenvalue weighted by atomic mass is 10.1. The van der Waals surface area contributed by atoms with E-state index >= 15 is 0 Å². The molecule has 0 spiro atoms. The molecule has 1 aliphatic rings. The number of hydrogen-bond donors (Lipinski definition) is 1. The van der Waals surface area contributed by atoms with Gasteiger partial charge >= 0.3 is 6.03 Å². The fraction of sp³-hybridized carbons (Fsp3) is 0.115. The first-order valence-corrected chi connectivity index (χ1v) is 11.0. The number of rotatable bonds is 8. The van der Waals surface area contributed by atoms with Crippen LogP contribution in [0.4, 0.5) is 16.2 Å². The van der Waals surface area contributed by atoms with E-state index in [4.69, 9.17) is 9.47 Å². The molecule has 1 fully saturated rings. The number of nitrogens with zero attached hydrogens (tertiary/aromatic N) is 2. The van der Waals surface area contributed by atoms with Crippen molar-refractivity contribution in [3.8, 4) is 11.5 Å². The van der Waals surface area contributed by atoms with Crippen LogP contribution >= 0.6 is 0 Å². The molecule has 0 saturated carbocycles. The summed E-state index contributed by atoms with van der Waals surface area (Å²) in [5.41, 5.74) is 1.25. The molecule has 0 radical (unpaired) electrons. The fourth-order valence-electron chi connectivity index (χ4n) is 3.50. The molecule has 3 aromatic rings. The van der Waals surface area contributed by atoms with Gasteiger partial charge in [0.05, 0.1) is 17.2 Å². The number of nitro groups is 1. The average Bonchev–Trinajstić information content (AvgIpc) is 2.87. The summed E-state index contributed by atoms with van der Waals surface area (Å²) in [6.07, 6.45) is 1.38. The molecule has 10 heteroatoms. The van der Waals surface area contributed by atoms with Gasteiger partial charge in [0.1, 0.15) is 23.7 Å². The summed E-state index contributed by atoms with van der Waals surface area (Å²) < 4.78 is 11.1. The summed E-state index contributed by atoms with van der Waals surface area (Å²) in [7, 11) is 0. The van der Waals surface area contributed by atoms with E-state index in [1.165, 1.54) is 18.2 Å². The third-order valence-electron chi connectivity index (χ3n) is 5.23. The minimum Gasteiger partial charge on any atom is -0.494 e. The molecule has 1 saturated heterocycles. The normalized spacial score (nSPS) is 14.5. The van der Waals surface area contributed by atoms with Crippen molar-refractivity contribution in [1.29, 1.82) is 0 Å². The molecule has 1 heterocycles. The molecular weight excluding hydrogens is 466 g/mol. The van der Waals surface area contributed by atoms with Crippen molar-refractivity contribution >= 4 is 35.3 Å². The topological polar surface area (TPSA) is 128 Å². The summed E-state index contributed by atoms with van der Waals surface area (Å²) in [6.45, 7) is 2.44. The molecule has 3 aromatic carbocycles. The van der Waals surface area contributed by atoms with Gasteiger partial charge in [0.2, 0.25) is 0 Å². The highest BCUT2D eigenvalue weighted by Crippen LogP contribution is 2.25. The van der Waals surface area contributed by atoms with E-state index in [-0.39, 0.29) is 17.9 Å².